The number of fused-ring (bicyclic) bond motifs is 1. The average molecular weight is 498 g/mol. The Labute approximate surface area is 209 Å². The van der Waals surface area contributed by atoms with E-state index >= 15 is 0 Å². The maximum atomic E-state index is 12.7. The second-order valence-electron chi connectivity index (χ2n) is 8.26. The van der Waals surface area contributed by atoms with Crippen LogP contribution in [0, 0.1) is 0 Å². The number of carboxylic acid groups (broad SMARTS) is 1. The number of aromatic nitrogens is 2. The molecule has 0 saturated carbocycles. The fraction of sp³-hybridized carbons (Fsp3) is 0.417. The van der Waals surface area contributed by atoms with Crippen LogP contribution >= 0.6 is 0 Å². The molecule has 1 amide bonds. The summed E-state index contributed by atoms with van der Waals surface area (Å²) >= 11 is 0. The van der Waals surface area contributed by atoms with Gasteiger partial charge in [0.2, 0.25) is 0 Å². The number of carbonyl (C=O) groups excluding carboxylic acids is 1. The molecule has 192 valence electrons. The molecule has 12 nitrogen and oxygen atoms in total. The lowest BCUT2D eigenvalue weighted by Gasteiger charge is -2.30. The molecule has 1 fully saturated rings. The van der Waals surface area contributed by atoms with Crippen molar-refractivity contribution in [1.29, 1.82) is 0 Å². The van der Waals surface area contributed by atoms with Crippen molar-refractivity contribution in [2.75, 3.05) is 73.9 Å². The van der Waals surface area contributed by atoms with E-state index in [2.05, 4.69) is 36.1 Å². The molecular formula is C24H31N7O5. The summed E-state index contributed by atoms with van der Waals surface area (Å²) in [6.45, 7) is 4.40. The van der Waals surface area contributed by atoms with Crippen LogP contribution in [0.15, 0.2) is 30.7 Å². The van der Waals surface area contributed by atoms with Gasteiger partial charge in [-0.25, -0.2) is 9.97 Å². The van der Waals surface area contributed by atoms with Gasteiger partial charge in [-0.1, -0.05) is 0 Å². The van der Waals surface area contributed by atoms with Gasteiger partial charge in [0.25, 0.3) is 5.91 Å². The quantitative estimate of drug-likeness (QED) is 0.215. The fourth-order valence-electron chi connectivity index (χ4n) is 3.95. The first-order chi connectivity index (χ1) is 17.6. The molecule has 0 radical (unpaired) electrons. The Morgan fingerprint density at radius 2 is 2.11 bits per heavy atom. The summed E-state index contributed by atoms with van der Waals surface area (Å²) < 4.78 is 11.4. The summed E-state index contributed by atoms with van der Waals surface area (Å²) in [5.41, 5.74) is 2.66. The number of ether oxygens (including phenoxy) is 2. The van der Waals surface area contributed by atoms with E-state index in [1.54, 1.807) is 6.20 Å². The number of likely N-dealkylation sites (N-methyl/N-ethyl adjacent to an activating group) is 1. The van der Waals surface area contributed by atoms with Gasteiger partial charge >= 0.3 is 5.97 Å². The zero-order valence-corrected chi connectivity index (χ0v) is 20.2. The molecule has 0 spiro atoms. The highest BCUT2D eigenvalue weighted by Crippen LogP contribution is 2.36. The van der Waals surface area contributed by atoms with Crippen molar-refractivity contribution in [2.45, 2.75) is 12.8 Å². The molecule has 36 heavy (non-hydrogen) atoms. The highest BCUT2D eigenvalue weighted by molar-refractivity contribution is 6.32. The summed E-state index contributed by atoms with van der Waals surface area (Å²) in [5, 5.41) is 21.2. The van der Waals surface area contributed by atoms with E-state index in [0.29, 0.717) is 54.7 Å². The van der Waals surface area contributed by atoms with Crippen LogP contribution in [0.2, 0.25) is 0 Å². The third-order valence-electron chi connectivity index (χ3n) is 5.75. The molecule has 5 N–H and O–H groups in total. The maximum absolute atomic E-state index is 12.7. The Morgan fingerprint density at radius 1 is 1.28 bits per heavy atom. The smallest absolute Gasteiger partial charge is 0.303 e. The van der Waals surface area contributed by atoms with Crippen molar-refractivity contribution in [3.8, 4) is 5.75 Å². The van der Waals surface area contributed by atoms with E-state index < -0.39 is 5.97 Å². The van der Waals surface area contributed by atoms with Gasteiger partial charge in [-0.15, -0.1) is 0 Å². The first kappa shape index (κ1) is 25.2. The number of rotatable bonds is 12. The van der Waals surface area contributed by atoms with E-state index in [4.69, 9.17) is 14.6 Å². The molecule has 2 aliphatic heterocycles. The van der Waals surface area contributed by atoms with Crippen LogP contribution in [0.5, 0.6) is 5.75 Å². The largest absolute Gasteiger partial charge is 0.491 e. The lowest BCUT2D eigenvalue weighted by molar-refractivity contribution is -0.137. The molecule has 2 aromatic rings. The van der Waals surface area contributed by atoms with Gasteiger partial charge in [-0.05, 0) is 25.6 Å². The van der Waals surface area contributed by atoms with Crippen LogP contribution in [0.4, 0.5) is 23.0 Å². The first-order valence-electron chi connectivity index (χ1n) is 11.9. The summed E-state index contributed by atoms with van der Waals surface area (Å²) in [5.74, 6) is 0.546. The first-order valence-corrected chi connectivity index (χ1v) is 11.9. The van der Waals surface area contributed by atoms with Crippen LogP contribution < -0.4 is 30.9 Å². The molecule has 1 aromatic heterocycles. The molecule has 3 heterocycles. The summed E-state index contributed by atoms with van der Waals surface area (Å²) in [6, 6.07) is 5.71. The monoisotopic (exact) mass is 497 g/mol. The van der Waals surface area contributed by atoms with E-state index in [1.807, 2.05) is 25.2 Å². The minimum Gasteiger partial charge on any atom is -0.491 e. The Balaban J connectivity index is 1.54. The van der Waals surface area contributed by atoms with Gasteiger partial charge in [0.1, 0.15) is 23.7 Å². The molecule has 0 aliphatic carbocycles. The molecular weight excluding hydrogens is 466 g/mol. The van der Waals surface area contributed by atoms with Crippen LogP contribution in [-0.2, 0) is 14.3 Å². The molecule has 12 heteroatoms. The predicted octanol–water partition coefficient (Wildman–Crippen LogP) is 1.59. The Morgan fingerprint density at radius 3 is 2.89 bits per heavy atom. The molecule has 2 aliphatic rings. The molecule has 0 bridgehead atoms. The zero-order chi connectivity index (χ0) is 25.3. The molecule has 0 atom stereocenters. The van der Waals surface area contributed by atoms with Crippen LogP contribution in [0.3, 0.4) is 0 Å². The highest BCUT2D eigenvalue weighted by atomic mass is 16.5. The second-order valence-corrected chi connectivity index (χ2v) is 8.26. The third kappa shape index (κ3) is 6.20. The number of carbonyl (C=O) groups is 2. The van der Waals surface area contributed by atoms with Crippen molar-refractivity contribution in [3.63, 3.8) is 0 Å². The standard InChI is InChI=1S/C24H31N7O5/c1-25-6-7-26-22-21-17(24(34)30-23(21)29-15-28-22)14-27-16-4-5-18(31-8-11-35-12-9-31)19(13-16)36-10-2-3-20(32)33/h4-5,13-15,25,27H,2-3,6-12H2,1H3,(H,32,33)(H2,26,28,29,30,34)/b17-14-. The van der Waals surface area contributed by atoms with Crippen LogP contribution in [-0.4, -0.2) is 80.0 Å². The Hall–Kier alpha value is -3.90. The van der Waals surface area contributed by atoms with Gasteiger partial charge in [0.15, 0.2) is 0 Å². The van der Waals surface area contributed by atoms with Gasteiger partial charge in [-0.2, -0.15) is 0 Å². The summed E-state index contributed by atoms with van der Waals surface area (Å²) in [7, 11) is 1.86. The number of nitrogens with one attached hydrogen (secondary N) is 4. The Bertz CT molecular complexity index is 1120. The number of carboxylic acids is 1. The summed E-state index contributed by atoms with van der Waals surface area (Å²) in [4.78, 5) is 34.2. The van der Waals surface area contributed by atoms with Gasteiger partial charge in [-0.3, -0.25) is 9.59 Å². The SMILES string of the molecule is CNCCNc1ncnc2c1/C(=C/Nc1ccc(N3CCOCC3)c(OCCCC(=O)O)c1)C(=O)N2. The number of morpholine rings is 1. The molecule has 4 rings (SSSR count). The third-order valence-corrected chi connectivity index (χ3v) is 5.75. The lowest BCUT2D eigenvalue weighted by Crippen LogP contribution is -2.36. The van der Waals surface area contributed by atoms with E-state index in [-0.39, 0.29) is 18.9 Å². The van der Waals surface area contributed by atoms with E-state index in [9.17, 15) is 9.59 Å². The minimum atomic E-state index is -0.854. The predicted molar refractivity (Wildman–Crippen MR) is 137 cm³/mol. The normalized spacial score (nSPS) is 16.0. The topological polar surface area (TPSA) is 150 Å². The van der Waals surface area contributed by atoms with Gasteiger partial charge < -0.3 is 40.7 Å². The molecule has 0 unspecified atom stereocenters. The average Bonchev–Trinajstić information content (AvgIpc) is 3.21. The number of hydrogen-bond acceptors (Lipinski definition) is 10. The van der Waals surface area contributed by atoms with Gasteiger partial charge in [0.05, 0.1) is 36.6 Å². The van der Waals surface area contributed by atoms with E-state index in [0.717, 1.165) is 31.0 Å². The fourth-order valence-corrected chi connectivity index (χ4v) is 3.95. The number of nitrogens with zero attached hydrogens (tertiary/aromatic N) is 3. The number of amides is 1. The number of benzene rings is 1. The summed E-state index contributed by atoms with van der Waals surface area (Å²) in [6.07, 6.45) is 3.49. The van der Waals surface area contributed by atoms with Gasteiger partial charge in [0, 0.05) is 50.6 Å². The Kier molecular flexibility index (Phi) is 8.53. The molecule has 1 aromatic carbocycles. The second kappa shape index (κ2) is 12.2. The van der Waals surface area contributed by atoms with Crippen molar-refractivity contribution in [3.05, 3.63) is 36.3 Å². The zero-order valence-electron chi connectivity index (χ0n) is 20.2. The van der Waals surface area contributed by atoms with Crippen molar-refractivity contribution in [1.82, 2.24) is 15.3 Å². The number of aliphatic carboxylic acids is 1. The lowest BCUT2D eigenvalue weighted by atomic mass is 10.1. The van der Waals surface area contributed by atoms with Crippen LogP contribution in [0.1, 0.15) is 18.4 Å². The maximum Gasteiger partial charge on any atom is 0.303 e. The van der Waals surface area contributed by atoms with Crippen molar-refractivity contribution >= 4 is 40.5 Å². The minimum absolute atomic E-state index is 0.0399. The number of anilines is 4. The van der Waals surface area contributed by atoms with E-state index in [1.165, 1.54) is 6.33 Å². The van der Waals surface area contributed by atoms with Crippen molar-refractivity contribution in [2.24, 2.45) is 0 Å². The van der Waals surface area contributed by atoms with Crippen molar-refractivity contribution < 1.29 is 24.2 Å². The number of hydrogen-bond donors (Lipinski definition) is 5. The highest BCUT2D eigenvalue weighted by Gasteiger charge is 2.29. The molecule has 1 saturated heterocycles. The van der Waals surface area contributed by atoms with Crippen LogP contribution in [0.25, 0.3) is 5.57 Å².